The molecule has 0 aliphatic rings. The number of hydrogen-bond donors (Lipinski definition) is 2. The molecule has 0 radical (unpaired) electrons. The number of hydrogen-bond acceptors (Lipinski definition) is 4. The van der Waals surface area contributed by atoms with Gasteiger partial charge < -0.3 is 15.3 Å². The van der Waals surface area contributed by atoms with E-state index < -0.39 is 11.8 Å². The fourth-order valence-corrected chi connectivity index (χ4v) is 2.29. The molecule has 1 amide bonds. The molecule has 0 aliphatic carbocycles. The first-order valence-corrected chi connectivity index (χ1v) is 8.13. The summed E-state index contributed by atoms with van der Waals surface area (Å²) in [6.07, 6.45) is 4.50. The lowest BCUT2D eigenvalue weighted by molar-refractivity contribution is 0.127. The quantitative estimate of drug-likeness (QED) is 0.725. The normalized spacial score (nSPS) is 10.5. The number of imidazole rings is 1. The van der Waals surface area contributed by atoms with Crippen molar-refractivity contribution in [1.82, 2.24) is 14.6 Å². The molecule has 0 aliphatic heterocycles. The van der Waals surface area contributed by atoms with E-state index in [0.29, 0.717) is 6.54 Å². The van der Waals surface area contributed by atoms with Gasteiger partial charge in [-0.3, -0.25) is 4.57 Å². The highest BCUT2D eigenvalue weighted by Gasteiger charge is 2.14. The van der Waals surface area contributed by atoms with Crippen LogP contribution in [0.1, 0.15) is 38.2 Å². The van der Waals surface area contributed by atoms with Crippen molar-refractivity contribution >= 4 is 6.09 Å². The van der Waals surface area contributed by atoms with Crippen molar-refractivity contribution < 1.29 is 14.7 Å². The highest BCUT2D eigenvalue weighted by atomic mass is 16.7. The van der Waals surface area contributed by atoms with Crippen LogP contribution in [0.3, 0.4) is 0 Å². The van der Waals surface area contributed by atoms with Crippen LogP contribution >= 0.6 is 0 Å². The molecule has 0 atom stereocenters. The first-order chi connectivity index (χ1) is 11.6. The number of aromatic hydroxyl groups is 1. The Hall–Kier alpha value is -2.70. The highest BCUT2D eigenvalue weighted by Crippen LogP contribution is 2.09. The van der Waals surface area contributed by atoms with E-state index in [1.165, 1.54) is 0 Å². The fourth-order valence-electron chi connectivity index (χ4n) is 2.29. The van der Waals surface area contributed by atoms with E-state index in [-0.39, 0.29) is 12.4 Å². The minimum atomic E-state index is -0.717. The summed E-state index contributed by atoms with van der Waals surface area (Å²) in [6.45, 7) is 2.80. The molecule has 2 rings (SSSR count). The van der Waals surface area contributed by atoms with Gasteiger partial charge in [0.2, 0.25) is 5.88 Å². The van der Waals surface area contributed by atoms with E-state index in [1.54, 1.807) is 0 Å². The summed E-state index contributed by atoms with van der Waals surface area (Å²) in [7, 11) is 0. The van der Waals surface area contributed by atoms with Crippen LogP contribution in [0, 0.1) is 0 Å². The zero-order valence-electron chi connectivity index (χ0n) is 13.8. The summed E-state index contributed by atoms with van der Waals surface area (Å²) in [5, 5.41) is 12.5. The lowest BCUT2D eigenvalue weighted by Gasteiger charge is -2.05. The molecule has 7 nitrogen and oxygen atoms in total. The van der Waals surface area contributed by atoms with Gasteiger partial charge in [-0.15, -0.1) is 4.73 Å². The molecule has 0 spiro atoms. The van der Waals surface area contributed by atoms with E-state index in [1.807, 2.05) is 30.3 Å². The van der Waals surface area contributed by atoms with Crippen molar-refractivity contribution in [3.63, 3.8) is 0 Å². The van der Waals surface area contributed by atoms with Gasteiger partial charge in [-0.25, -0.2) is 9.59 Å². The molecule has 7 heteroatoms. The van der Waals surface area contributed by atoms with Crippen LogP contribution < -0.4 is 15.8 Å². The van der Waals surface area contributed by atoms with Crippen molar-refractivity contribution in [3.05, 3.63) is 52.6 Å². The van der Waals surface area contributed by atoms with Gasteiger partial charge in [0.15, 0.2) is 0 Å². The zero-order valence-corrected chi connectivity index (χ0v) is 13.8. The average molecular weight is 333 g/mol. The predicted molar refractivity (Wildman–Crippen MR) is 90.0 cm³/mol. The van der Waals surface area contributed by atoms with Gasteiger partial charge in [-0.1, -0.05) is 56.5 Å². The van der Waals surface area contributed by atoms with Crippen LogP contribution in [0.5, 0.6) is 5.88 Å². The third kappa shape index (κ3) is 4.91. The molecule has 2 N–H and O–H groups in total. The Morgan fingerprint density at radius 1 is 1.21 bits per heavy atom. The number of carbonyl (C=O) groups is 1. The largest absolute Gasteiger partial charge is 0.493 e. The average Bonchev–Trinajstić information content (AvgIpc) is 2.83. The Morgan fingerprint density at radius 2 is 1.96 bits per heavy atom. The molecule has 0 unspecified atom stereocenters. The van der Waals surface area contributed by atoms with Crippen LogP contribution in [-0.4, -0.2) is 27.0 Å². The second kappa shape index (κ2) is 8.81. The first kappa shape index (κ1) is 17.7. The second-order valence-electron chi connectivity index (χ2n) is 5.53. The second-order valence-corrected chi connectivity index (χ2v) is 5.53. The van der Waals surface area contributed by atoms with E-state index in [0.717, 1.165) is 46.7 Å². The summed E-state index contributed by atoms with van der Waals surface area (Å²) in [5.74, 6) is -0.264. The Morgan fingerprint density at radius 3 is 2.67 bits per heavy atom. The van der Waals surface area contributed by atoms with E-state index >= 15 is 0 Å². The smallest absolute Gasteiger partial charge is 0.432 e. The van der Waals surface area contributed by atoms with Gasteiger partial charge in [-0.05, 0) is 12.0 Å². The van der Waals surface area contributed by atoms with Crippen LogP contribution in [0.4, 0.5) is 4.79 Å². The lowest BCUT2D eigenvalue weighted by atomic mass is 10.2. The van der Waals surface area contributed by atoms with Crippen LogP contribution in [0.2, 0.25) is 0 Å². The Kier molecular flexibility index (Phi) is 6.48. The standard InChI is InChI=1S/C17H23N3O4/c1-2-3-4-8-11-18-16(22)24-20-13-15(21)19(17(20)23)12-14-9-6-5-7-10-14/h5-7,9-10,13,21H,2-4,8,11-12H2,1H3,(H,18,22). The molecular formula is C17H23N3O4. The summed E-state index contributed by atoms with van der Waals surface area (Å²) >= 11 is 0. The van der Waals surface area contributed by atoms with Gasteiger partial charge in [0, 0.05) is 6.54 Å². The maximum Gasteiger partial charge on any atom is 0.432 e. The summed E-state index contributed by atoms with van der Waals surface area (Å²) in [6, 6.07) is 9.24. The number of rotatable bonds is 8. The predicted octanol–water partition coefficient (Wildman–Crippen LogP) is 2.12. The number of benzene rings is 1. The summed E-state index contributed by atoms with van der Waals surface area (Å²) in [5.41, 5.74) is 0.241. The number of unbranched alkanes of at least 4 members (excludes halogenated alkanes) is 3. The van der Waals surface area contributed by atoms with E-state index in [4.69, 9.17) is 4.84 Å². The Balaban J connectivity index is 1.93. The van der Waals surface area contributed by atoms with Crippen molar-refractivity contribution in [2.45, 2.75) is 39.2 Å². The third-order valence-corrected chi connectivity index (χ3v) is 3.59. The number of carbonyl (C=O) groups excluding carboxylic acids is 1. The number of amides is 1. The molecule has 2 aromatic rings. The SMILES string of the molecule is CCCCCCNC(=O)On1cc(O)n(Cc2ccccc2)c1=O. The van der Waals surface area contributed by atoms with Gasteiger partial charge in [0.25, 0.3) is 0 Å². The minimum absolute atomic E-state index is 0.195. The number of nitrogens with one attached hydrogen (secondary N) is 1. The maximum atomic E-state index is 12.2. The topological polar surface area (TPSA) is 85.5 Å². The van der Waals surface area contributed by atoms with Gasteiger partial charge in [0.1, 0.15) is 6.20 Å². The molecular weight excluding hydrogens is 310 g/mol. The molecule has 1 aromatic carbocycles. The molecule has 1 aromatic heterocycles. The van der Waals surface area contributed by atoms with Crippen molar-refractivity contribution in [1.29, 1.82) is 0 Å². The fraction of sp³-hybridized carbons (Fsp3) is 0.412. The maximum absolute atomic E-state index is 12.2. The van der Waals surface area contributed by atoms with E-state index in [2.05, 4.69) is 12.2 Å². The van der Waals surface area contributed by atoms with Gasteiger partial charge >= 0.3 is 11.8 Å². The molecule has 0 saturated heterocycles. The zero-order chi connectivity index (χ0) is 17.4. The first-order valence-electron chi connectivity index (χ1n) is 8.13. The highest BCUT2D eigenvalue weighted by molar-refractivity contribution is 5.67. The molecule has 0 bridgehead atoms. The molecule has 130 valence electrons. The van der Waals surface area contributed by atoms with Crippen molar-refractivity contribution in [2.75, 3.05) is 6.54 Å². The van der Waals surface area contributed by atoms with Crippen molar-refractivity contribution in [2.24, 2.45) is 0 Å². The Labute approximate surface area is 140 Å². The third-order valence-electron chi connectivity index (χ3n) is 3.59. The monoisotopic (exact) mass is 333 g/mol. The van der Waals surface area contributed by atoms with Crippen LogP contribution in [0.25, 0.3) is 0 Å². The molecule has 24 heavy (non-hydrogen) atoms. The lowest BCUT2D eigenvalue weighted by Crippen LogP contribution is -2.38. The molecule has 1 heterocycles. The van der Waals surface area contributed by atoms with Gasteiger partial charge in [0.05, 0.1) is 6.54 Å². The van der Waals surface area contributed by atoms with Crippen LogP contribution in [-0.2, 0) is 6.54 Å². The van der Waals surface area contributed by atoms with Crippen molar-refractivity contribution in [3.8, 4) is 5.88 Å². The number of nitrogens with zero attached hydrogens (tertiary/aromatic N) is 2. The van der Waals surface area contributed by atoms with Crippen LogP contribution in [0.15, 0.2) is 41.3 Å². The summed E-state index contributed by atoms with van der Waals surface area (Å²) in [4.78, 5) is 28.8. The van der Waals surface area contributed by atoms with Gasteiger partial charge in [-0.2, -0.15) is 0 Å². The minimum Gasteiger partial charge on any atom is -0.493 e. The Bertz CT molecular complexity index is 706. The molecule has 0 fully saturated rings. The molecule has 0 saturated carbocycles. The van der Waals surface area contributed by atoms with E-state index in [9.17, 15) is 14.7 Å². The summed E-state index contributed by atoms with van der Waals surface area (Å²) < 4.78 is 1.86. The number of aromatic nitrogens is 2.